The topological polar surface area (TPSA) is 38.2 Å². The van der Waals surface area contributed by atoms with Crippen LogP contribution in [0.1, 0.15) is 29.6 Å². The fourth-order valence-electron chi connectivity index (χ4n) is 2.92. The Morgan fingerprint density at radius 3 is 2.90 bits per heavy atom. The molecule has 110 valence electrons. The van der Waals surface area contributed by atoms with E-state index < -0.39 is 0 Å². The molecule has 2 aromatic rings. The Labute approximate surface area is 125 Å². The number of nitrogens with zero attached hydrogens (tertiary/aromatic N) is 3. The fraction of sp³-hybridized carbons (Fsp3) is 0.412. The lowest BCUT2D eigenvalue weighted by atomic mass is 9.98. The minimum Gasteiger partial charge on any atom is -0.496 e. The fourth-order valence-corrected chi connectivity index (χ4v) is 2.92. The van der Waals surface area contributed by atoms with E-state index in [4.69, 9.17) is 4.74 Å². The monoisotopic (exact) mass is 283 g/mol. The third-order valence-electron chi connectivity index (χ3n) is 4.01. The summed E-state index contributed by atoms with van der Waals surface area (Å²) < 4.78 is 5.47. The summed E-state index contributed by atoms with van der Waals surface area (Å²) >= 11 is 0. The Hall–Kier alpha value is -2.10. The van der Waals surface area contributed by atoms with E-state index in [-0.39, 0.29) is 0 Å². The van der Waals surface area contributed by atoms with Gasteiger partial charge in [-0.3, -0.25) is 0 Å². The molecule has 4 heteroatoms. The van der Waals surface area contributed by atoms with Gasteiger partial charge in [0.1, 0.15) is 17.4 Å². The summed E-state index contributed by atoms with van der Waals surface area (Å²) in [5.41, 5.74) is 3.77. The molecule has 0 saturated carbocycles. The van der Waals surface area contributed by atoms with Gasteiger partial charge in [0.25, 0.3) is 0 Å². The first kappa shape index (κ1) is 13.9. The van der Waals surface area contributed by atoms with Crippen LogP contribution in [0.3, 0.4) is 0 Å². The molecule has 0 bridgehead atoms. The highest BCUT2D eigenvalue weighted by molar-refractivity contribution is 5.49. The van der Waals surface area contributed by atoms with Crippen LogP contribution in [0.15, 0.2) is 24.3 Å². The van der Waals surface area contributed by atoms with Crippen molar-refractivity contribution in [2.75, 3.05) is 18.6 Å². The minimum absolute atomic E-state index is 0.848. The largest absolute Gasteiger partial charge is 0.496 e. The highest BCUT2D eigenvalue weighted by Gasteiger charge is 2.20. The molecule has 1 aromatic heterocycles. The Balaban J connectivity index is 1.91. The van der Waals surface area contributed by atoms with Crippen LogP contribution in [-0.4, -0.2) is 23.6 Å². The van der Waals surface area contributed by atoms with Gasteiger partial charge in [-0.1, -0.05) is 19.1 Å². The van der Waals surface area contributed by atoms with Crippen molar-refractivity contribution >= 4 is 5.82 Å². The molecule has 0 N–H and O–H groups in total. The predicted molar refractivity (Wildman–Crippen MR) is 83.9 cm³/mol. The lowest BCUT2D eigenvalue weighted by molar-refractivity contribution is 0.407. The summed E-state index contributed by atoms with van der Waals surface area (Å²) in [6.45, 7) is 5.94. The lowest BCUT2D eigenvalue weighted by Gasteiger charge is -2.31. The summed E-state index contributed by atoms with van der Waals surface area (Å²) in [5, 5.41) is 0. The van der Waals surface area contributed by atoms with Crippen molar-refractivity contribution in [3.05, 3.63) is 46.9 Å². The van der Waals surface area contributed by atoms with Crippen molar-refractivity contribution in [2.45, 2.75) is 33.2 Å². The number of aromatic nitrogens is 2. The van der Waals surface area contributed by atoms with E-state index in [1.54, 1.807) is 7.11 Å². The van der Waals surface area contributed by atoms with Crippen LogP contribution < -0.4 is 9.64 Å². The minimum atomic E-state index is 0.848. The molecular weight excluding hydrogens is 262 g/mol. The van der Waals surface area contributed by atoms with E-state index in [9.17, 15) is 0 Å². The molecule has 2 heterocycles. The lowest BCUT2D eigenvalue weighted by Crippen LogP contribution is -2.31. The zero-order chi connectivity index (χ0) is 14.8. The third kappa shape index (κ3) is 2.71. The number of aryl methyl sites for hydroxylation is 2. The molecule has 0 atom stereocenters. The van der Waals surface area contributed by atoms with Crippen molar-refractivity contribution < 1.29 is 4.74 Å². The van der Waals surface area contributed by atoms with E-state index in [0.717, 1.165) is 49.0 Å². The van der Waals surface area contributed by atoms with Crippen LogP contribution in [0.2, 0.25) is 0 Å². The van der Waals surface area contributed by atoms with Crippen LogP contribution in [0.5, 0.6) is 5.75 Å². The summed E-state index contributed by atoms with van der Waals surface area (Å²) in [6, 6.07) is 8.39. The molecule has 1 aliphatic rings. The number of methoxy groups -OCH3 is 1. The number of hydrogen-bond donors (Lipinski definition) is 0. The van der Waals surface area contributed by atoms with Gasteiger partial charge in [-0.15, -0.1) is 0 Å². The van der Waals surface area contributed by atoms with Gasteiger partial charge < -0.3 is 9.64 Å². The Kier molecular flexibility index (Phi) is 3.78. The van der Waals surface area contributed by atoms with E-state index in [0.29, 0.717) is 0 Å². The van der Waals surface area contributed by atoms with Gasteiger partial charge in [-0.05, 0) is 31.4 Å². The molecule has 21 heavy (non-hydrogen) atoms. The molecular formula is C17H21N3O. The maximum Gasteiger partial charge on any atom is 0.132 e. The molecule has 0 radical (unpaired) electrons. The van der Waals surface area contributed by atoms with E-state index in [2.05, 4.69) is 40.0 Å². The molecule has 0 saturated heterocycles. The molecule has 0 aliphatic carbocycles. The first-order valence-corrected chi connectivity index (χ1v) is 7.45. The summed E-state index contributed by atoms with van der Waals surface area (Å²) in [5.74, 6) is 2.88. The highest BCUT2D eigenvalue weighted by atomic mass is 16.5. The number of anilines is 1. The number of benzene rings is 1. The van der Waals surface area contributed by atoms with Crippen LogP contribution >= 0.6 is 0 Å². The number of ether oxygens (including phenoxy) is 1. The van der Waals surface area contributed by atoms with Crippen molar-refractivity contribution in [1.29, 1.82) is 0 Å². The Morgan fingerprint density at radius 2 is 2.14 bits per heavy atom. The first-order chi connectivity index (χ1) is 10.2. The quantitative estimate of drug-likeness (QED) is 0.868. The zero-order valence-electron chi connectivity index (χ0n) is 12.9. The van der Waals surface area contributed by atoms with Crippen molar-refractivity contribution in [1.82, 2.24) is 9.97 Å². The van der Waals surface area contributed by atoms with E-state index >= 15 is 0 Å². The predicted octanol–water partition coefficient (Wildman–Crippen LogP) is 2.92. The zero-order valence-corrected chi connectivity index (χ0v) is 12.9. The average Bonchev–Trinajstić information content (AvgIpc) is 2.53. The van der Waals surface area contributed by atoms with E-state index in [1.165, 1.54) is 11.1 Å². The molecule has 0 fully saturated rings. The molecule has 1 aliphatic heterocycles. The van der Waals surface area contributed by atoms with Gasteiger partial charge in [-0.25, -0.2) is 9.97 Å². The van der Waals surface area contributed by atoms with Crippen LogP contribution in [-0.2, 0) is 19.4 Å². The summed E-state index contributed by atoms with van der Waals surface area (Å²) in [4.78, 5) is 11.4. The van der Waals surface area contributed by atoms with Crippen LogP contribution in [0.25, 0.3) is 0 Å². The van der Waals surface area contributed by atoms with E-state index in [1.807, 2.05) is 13.0 Å². The highest BCUT2D eigenvalue weighted by Crippen LogP contribution is 2.29. The number of rotatable bonds is 3. The van der Waals surface area contributed by atoms with Gasteiger partial charge in [0.2, 0.25) is 0 Å². The van der Waals surface area contributed by atoms with Crippen LogP contribution in [0, 0.1) is 6.92 Å². The molecule has 0 spiro atoms. The normalized spacial score (nSPS) is 14.0. The van der Waals surface area contributed by atoms with Crippen molar-refractivity contribution in [2.24, 2.45) is 0 Å². The van der Waals surface area contributed by atoms with Crippen molar-refractivity contribution in [3.8, 4) is 5.75 Å². The SMILES string of the molecule is CCc1cc(N2CCc3c(cccc3OC)C2)nc(C)n1. The molecule has 4 nitrogen and oxygen atoms in total. The second-order valence-corrected chi connectivity index (χ2v) is 5.39. The van der Waals surface area contributed by atoms with Crippen molar-refractivity contribution in [3.63, 3.8) is 0 Å². The second kappa shape index (κ2) is 5.72. The van der Waals surface area contributed by atoms with Crippen LogP contribution in [0.4, 0.5) is 5.82 Å². The molecule has 3 rings (SSSR count). The number of hydrogen-bond acceptors (Lipinski definition) is 4. The molecule has 0 unspecified atom stereocenters. The van der Waals surface area contributed by atoms with Gasteiger partial charge in [0.15, 0.2) is 0 Å². The smallest absolute Gasteiger partial charge is 0.132 e. The second-order valence-electron chi connectivity index (χ2n) is 5.39. The van der Waals surface area contributed by atoms with Gasteiger partial charge in [-0.2, -0.15) is 0 Å². The maximum atomic E-state index is 5.47. The average molecular weight is 283 g/mol. The molecule has 1 aromatic carbocycles. The third-order valence-corrected chi connectivity index (χ3v) is 4.01. The summed E-state index contributed by atoms with van der Waals surface area (Å²) in [7, 11) is 1.74. The van der Waals surface area contributed by atoms with Gasteiger partial charge in [0, 0.05) is 30.4 Å². The summed E-state index contributed by atoms with van der Waals surface area (Å²) in [6.07, 6.45) is 1.93. The van der Waals surface area contributed by atoms with Gasteiger partial charge in [0.05, 0.1) is 7.11 Å². The Morgan fingerprint density at radius 1 is 1.29 bits per heavy atom. The standard InChI is InChI=1S/C17H21N3O/c1-4-14-10-17(19-12(2)18-14)20-9-8-15-13(11-20)6-5-7-16(15)21-3/h5-7,10H,4,8-9,11H2,1-3H3. The number of fused-ring (bicyclic) bond motifs is 1. The van der Waals surface area contributed by atoms with Gasteiger partial charge >= 0.3 is 0 Å². The maximum absolute atomic E-state index is 5.47. The Bertz CT molecular complexity index is 654. The molecule has 0 amide bonds. The first-order valence-electron chi connectivity index (χ1n) is 7.45.